The van der Waals surface area contributed by atoms with E-state index in [0.29, 0.717) is 11.8 Å². The van der Waals surface area contributed by atoms with Crippen molar-refractivity contribution in [3.63, 3.8) is 0 Å². The molecule has 3 heteroatoms. The van der Waals surface area contributed by atoms with Crippen molar-refractivity contribution in [1.82, 2.24) is 4.90 Å². The molecule has 3 nitrogen and oxygen atoms in total. The molecule has 0 aromatic heterocycles. The van der Waals surface area contributed by atoms with E-state index in [4.69, 9.17) is 4.74 Å². The van der Waals surface area contributed by atoms with Gasteiger partial charge in [0.05, 0.1) is 6.61 Å². The summed E-state index contributed by atoms with van der Waals surface area (Å²) in [5, 5.41) is 9.24. The average Bonchev–Trinajstić information content (AvgIpc) is 2.30. The van der Waals surface area contributed by atoms with Gasteiger partial charge in [-0.05, 0) is 31.2 Å². The Labute approximate surface area is 97.7 Å². The first-order valence-electron chi connectivity index (χ1n) is 5.71. The van der Waals surface area contributed by atoms with E-state index < -0.39 is 0 Å². The van der Waals surface area contributed by atoms with Gasteiger partial charge in [0.2, 0.25) is 0 Å². The molecule has 0 fully saturated rings. The highest BCUT2D eigenvalue weighted by Gasteiger charge is 2.13. The van der Waals surface area contributed by atoms with E-state index >= 15 is 0 Å². The van der Waals surface area contributed by atoms with Crippen LogP contribution in [0.1, 0.15) is 25.5 Å². The zero-order chi connectivity index (χ0) is 12.0. The van der Waals surface area contributed by atoms with Gasteiger partial charge in [0.25, 0.3) is 0 Å². The zero-order valence-electron chi connectivity index (χ0n) is 10.3. The number of likely N-dealkylation sites (N-methyl/N-ethyl adjacent to an activating group) is 1. The number of rotatable bonds is 6. The van der Waals surface area contributed by atoms with Crippen molar-refractivity contribution < 1.29 is 9.84 Å². The van der Waals surface area contributed by atoms with E-state index in [0.717, 1.165) is 19.7 Å². The van der Waals surface area contributed by atoms with Crippen LogP contribution in [0.5, 0.6) is 5.75 Å². The molecule has 0 bridgehead atoms. The second kappa shape index (κ2) is 6.51. The molecule has 1 aromatic carbocycles. The molecule has 0 amide bonds. The van der Waals surface area contributed by atoms with Crippen LogP contribution < -0.4 is 0 Å². The third-order valence-electron chi connectivity index (χ3n) is 2.91. The molecular weight excluding hydrogens is 202 g/mol. The van der Waals surface area contributed by atoms with Crippen molar-refractivity contribution in [1.29, 1.82) is 0 Å². The smallest absolute Gasteiger partial charge is 0.115 e. The zero-order valence-corrected chi connectivity index (χ0v) is 10.3. The van der Waals surface area contributed by atoms with Crippen LogP contribution in [0.3, 0.4) is 0 Å². The first kappa shape index (κ1) is 13.0. The molecule has 0 aliphatic carbocycles. The lowest BCUT2D eigenvalue weighted by Gasteiger charge is -2.27. The molecule has 0 saturated heterocycles. The van der Waals surface area contributed by atoms with Gasteiger partial charge in [-0.3, -0.25) is 4.90 Å². The van der Waals surface area contributed by atoms with E-state index in [2.05, 4.69) is 18.7 Å². The minimum Gasteiger partial charge on any atom is -0.508 e. The van der Waals surface area contributed by atoms with E-state index in [1.807, 2.05) is 12.1 Å². The summed E-state index contributed by atoms with van der Waals surface area (Å²) in [5.41, 5.74) is 1.22. The first-order chi connectivity index (χ1) is 7.69. The Morgan fingerprint density at radius 2 is 1.94 bits per heavy atom. The lowest BCUT2D eigenvalue weighted by molar-refractivity contribution is 0.129. The molecule has 1 aromatic rings. The highest BCUT2D eigenvalue weighted by atomic mass is 16.5. The molecule has 1 atom stereocenters. The molecule has 0 aliphatic rings. The number of hydrogen-bond acceptors (Lipinski definition) is 3. The van der Waals surface area contributed by atoms with Crippen LogP contribution in [-0.4, -0.2) is 36.8 Å². The maximum Gasteiger partial charge on any atom is 0.115 e. The summed E-state index contributed by atoms with van der Waals surface area (Å²) in [6, 6.07) is 7.75. The van der Waals surface area contributed by atoms with Gasteiger partial charge in [0.1, 0.15) is 5.75 Å². The highest BCUT2D eigenvalue weighted by molar-refractivity contribution is 5.27. The second-order valence-corrected chi connectivity index (χ2v) is 3.89. The molecule has 16 heavy (non-hydrogen) atoms. The predicted molar refractivity (Wildman–Crippen MR) is 65.6 cm³/mol. The molecule has 1 unspecified atom stereocenters. The molecular formula is C13H21NO2. The fourth-order valence-electron chi connectivity index (χ4n) is 1.80. The van der Waals surface area contributed by atoms with Crippen LogP contribution in [0, 0.1) is 0 Å². The third kappa shape index (κ3) is 3.51. The van der Waals surface area contributed by atoms with Crippen molar-refractivity contribution in [2.24, 2.45) is 0 Å². The summed E-state index contributed by atoms with van der Waals surface area (Å²) < 4.78 is 5.10. The maximum atomic E-state index is 9.24. The van der Waals surface area contributed by atoms with Gasteiger partial charge < -0.3 is 9.84 Å². The van der Waals surface area contributed by atoms with Crippen LogP contribution in [-0.2, 0) is 4.74 Å². The molecule has 0 aliphatic heterocycles. The fraction of sp³-hybridized carbons (Fsp3) is 0.538. The van der Waals surface area contributed by atoms with Crippen molar-refractivity contribution in [3.8, 4) is 5.75 Å². The van der Waals surface area contributed by atoms with Crippen molar-refractivity contribution >= 4 is 0 Å². The van der Waals surface area contributed by atoms with Crippen LogP contribution in [0.4, 0.5) is 0 Å². The topological polar surface area (TPSA) is 32.7 Å². The highest BCUT2D eigenvalue weighted by Crippen LogP contribution is 2.21. The van der Waals surface area contributed by atoms with Gasteiger partial charge in [0, 0.05) is 19.7 Å². The first-order valence-corrected chi connectivity index (χ1v) is 5.71. The Hall–Kier alpha value is -1.06. The third-order valence-corrected chi connectivity index (χ3v) is 2.91. The summed E-state index contributed by atoms with van der Waals surface area (Å²) in [6.07, 6.45) is 0. The Morgan fingerprint density at radius 3 is 2.44 bits per heavy atom. The molecule has 1 rings (SSSR count). The number of phenols is 1. The minimum absolute atomic E-state index is 0.316. The fourth-order valence-corrected chi connectivity index (χ4v) is 1.80. The number of benzene rings is 1. The van der Waals surface area contributed by atoms with Crippen LogP contribution in [0.15, 0.2) is 24.3 Å². The van der Waals surface area contributed by atoms with Crippen LogP contribution >= 0.6 is 0 Å². The quantitative estimate of drug-likeness (QED) is 0.804. The van der Waals surface area contributed by atoms with Crippen molar-refractivity contribution in [2.45, 2.75) is 19.9 Å². The normalized spacial score (nSPS) is 13.0. The summed E-state index contributed by atoms with van der Waals surface area (Å²) in [4.78, 5) is 2.34. The van der Waals surface area contributed by atoms with Gasteiger partial charge >= 0.3 is 0 Å². The second-order valence-electron chi connectivity index (χ2n) is 3.89. The summed E-state index contributed by atoms with van der Waals surface area (Å²) in [7, 11) is 1.72. The van der Waals surface area contributed by atoms with Crippen LogP contribution in [0.25, 0.3) is 0 Å². The number of phenolic OH excluding ortho intramolecular Hbond substituents is 1. The Kier molecular flexibility index (Phi) is 5.29. The van der Waals surface area contributed by atoms with Gasteiger partial charge in [-0.25, -0.2) is 0 Å². The lowest BCUT2D eigenvalue weighted by Crippen LogP contribution is -2.30. The monoisotopic (exact) mass is 223 g/mol. The Morgan fingerprint density at radius 1 is 1.31 bits per heavy atom. The molecule has 0 heterocycles. The summed E-state index contributed by atoms with van der Waals surface area (Å²) in [6.45, 7) is 6.98. The predicted octanol–water partition coefficient (Wildman–Crippen LogP) is 2.42. The van der Waals surface area contributed by atoms with Gasteiger partial charge in [-0.15, -0.1) is 0 Å². The van der Waals surface area contributed by atoms with E-state index in [1.165, 1.54) is 5.56 Å². The summed E-state index contributed by atoms with van der Waals surface area (Å²) >= 11 is 0. The Bertz CT molecular complexity index is 297. The van der Waals surface area contributed by atoms with Crippen LogP contribution in [0.2, 0.25) is 0 Å². The van der Waals surface area contributed by atoms with Gasteiger partial charge in [0.15, 0.2) is 0 Å². The van der Waals surface area contributed by atoms with E-state index in [-0.39, 0.29) is 0 Å². The van der Waals surface area contributed by atoms with Gasteiger partial charge in [-0.2, -0.15) is 0 Å². The molecule has 0 spiro atoms. The lowest BCUT2D eigenvalue weighted by atomic mass is 10.1. The molecule has 1 N–H and O–H groups in total. The molecule has 0 radical (unpaired) electrons. The van der Waals surface area contributed by atoms with Crippen molar-refractivity contribution in [2.75, 3.05) is 26.8 Å². The number of nitrogens with zero attached hydrogens (tertiary/aromatic N) is 1. The minimum atomic E-state index is 0.316. The van der Waals surface area contributed by atoms with E-state index in [9.17, 15) is 5.11 Å². The number of methoxy groups -OCH3 is 1. The number of aromatic hydroxyl groups is 1. The number of ether oxygens (including phenoxy) is 1. The average molecular weight is 223 g/mol. The SMILES string of the molecule is CCN(CCOC)C(C)c1ccc(O)cc1. The Balaban J connectivity index is 2.66. The maximum absolute atomic E-state index is 9.24. The largest absolute Gasteiger partial charge is 0.508 e. The van der Waals surface area contributed by atoms with Crippen molar-refractivity contribution in [3.05, 3.63) is 29.8 Å². The summed E-state index contributed by atoms with van der Waals surface area (Å²) in [5.74, 6) is 0.316. The number of hydrogen-bond donors (Lipinski definition) is 1. The van der Waals surface area contributed by atoms with Gasteiger partial charge in [-0.1, -0.05) is 19.1 Å². The molecule has 0 saturated carbocycles. The molecule has 90 valence electrons. The van der Waals surface area contributed by atoms with E-state index in [1.54, 1.807) is 19.2 Å². The standard InChI is InChI=1S/C13H21NO2/c1-4-14(9-10-16-3)11(2)12-5-7-13(15)8-6-12/h5-8,11,15H,4,9-10H2,1-3H3.